The van der Waals surface area contributed by atoms with Crippen LogP contribution in [0.25, 0.3) is 11.2 Å². The van der Waals surface area contributed by atoms with Crippen molar-refractivity contribution in [2.45, 2.75) is 140 Å². The first-order valence-electron chi connectivity index (χ1n) is 24.9. The fourth-order valence-electron chi connectivity index (χ4n) is 8.27. The highest BCUT2D eigenvalue weighted by Crippen LogP contribution is 2.57. The molecular formula is C49H64Cl3FN7O14P3. The summed E-state index contributed by atoms with van der Waals surface area (Å²) in [4.78, 5) is 37.3. The Morgan fingerprint density at radius 2 is 1.26 bits per heavy atom. The summed E-state index contributed by atoms with van der Waals surface area (Å²) in [6.45, 7) is 2.09. The molecule has 1 aliphatic heterocycles. The Morgan fingerprint density at radius 1 is 0.779 bits per heavy atom. The van der Waals surface area contributed by atoms with Crippen LogP contribution in [0.4, 0.5) is 10.3 Å². The molecule has 0 amide bonds. The number of alkyl halides is 1. The van der Waals surface area contributed by atoms with Crippen LogP contribution in [0, 0.1) is 0 Å². The van der Waals surface area contributed by atoms with Crippen LogP contribution in [0.3, 0.4) is 0 Å². The molecule has 5 aromatic rings. The number of hydrogen-bond acceptors (Lipinski definition) is 18. The quantitative estimate of drug-likeness (QED) is 0.0416. The Labute approximate surface area is 460 Å². The number of imidazole rings is 1. The van der Waals surface area contributed by atoms with Crippen molar-refractivity contribution in [3.8, 4) is 23.1 Å². The Morgan fingerprint density at radius 3 is 1.75 bits per heavy atom. The van der Waals surface area contributed by atoms with Crippen LogP contribution in [0.1, 0.15) is 98.1 Å². The van der Waals surface area contributed by atoms with Gasteiger partial charge in [-0.15, -0.1) is 0 Å². The summed E-state index contributed by atoms with van der Waals surface area (Å²) in [5, 5.41) is 16.4. The molecule has 8 atom stereocenters. The van der Waals surface area contributed by atoms with Gasteiger partial charge in [0.1, 0.15) is 53.2 Å². The van der Waals surface area contributed by atoms with Crippen LogP contribution in [-0.4, -0.2) is 91.9 Å². The van der Waals surface area contributed by atoms with Gasteiger partial charge in [-0.1, -0.05) is 67.4 Å². The number of benzene rings is 3. The zero-order chi connectivity index (χ0) is 55.8. The number of ether oxygens (including phenoxy) is 4. The van der Waals surface area contributed by atoms with Gasteiger partial charge >= 0.3 is 32.6 Å². The summed E-state index contributed by atoms with van der Waals surface area (Å²) in [5.74, 6) is -0.0769. The molecule has 422 valence electrons. The van der Waals surface area contributed by atoms with Gasteiger partial charge < -0.3 is 43.4 Å². The molecule has 2 aliphatic carbocycles. The smallest absolute Gasteiger partial charge is 0.459 e. The molecule has 77 heavy (non-hydrogen) atoms. The molecule has 5 N–H and O–H groups in total. The molecule has 3 heterocycles. The lowest BCUT2D eigenvalue weighted by molar-refractivity contribution is -0.153. The molecule has 8 rings (SSSR count). The molecule has 0 spiro atoms. The molecule has 2 unspecified atom stereocenters. The van der Waals surface area contributed by atoms with E-state index < -0.39 is 75.4 Å². The van der Waals surface area contributed by atoms with Gasteiger partial charge in [0, 0.05) is 33.7 Å². The number of nitrogens with one attached hydrogen (secondary N) is 2. The normalized spacial score (nSPS) is 22.3. The van der Waals surface area contributed by atoms with E-state index in [4.69, 9.17) is 72.0 Å². The molecule has 2 aromatic heterocycles. The van der Waals surface area contributed by atoms with E-state index in [0.717, 1.165) is 57.8 Å². The number of esters is 2. The summed E-state index contributed by atoms with van der Waals surface area (Å²) < 4.78 is 97.6. The minimum Gasteiger partial charge on any atom is -0.476 e. The largest absolute Gasteiger partial charge is 0.476 e. The molecule has 0 bridgehead atoms. The maximum atomic E-state index is 15.7. The second-order valence-corrected chi connectivity index (χ2v) is 26.9. The van der Waals surface area contributed by atoms with Crippen molar-refractivity contribution in [1.29, 1.82) is 0 Å². The maximum Gasteiger partial charge on any atom is 0.459 e. The van der Waals surface area contributed by atoms with E-state index in [1.807, 2.05) is 6.07 Å². The molecule has 2 saturated carbocycles. The average Bonchev–Trinajstić information content (AvgIpc) is 3.90. The van der Waals surface area contributed by atoms with Gasteiger partial charge in [0.25, 0.3) is 0 Å². The fourth-order valence-corrected chi connectivity index (χ4v) is 12.3. The SMILES string of the molecule is CCOc1nc(N)nc2c1ncn2[C@@H]1O[C@H](COP(=O)(N[C@@H](C)C(=O)OC2CCCCC2)Oc2ccccc2)[C@@H](F)[C@@]1(C)O.C[C@H](NP(=O)(Cl)Oc1ccccc1)C(=O)OC1CCCCC1.O=P(Cl)(Cl)Oc1ccccc1. The first-order chi connectivity index (χ1) is 36.5. The topological polar surface area (TPSA) is 273 Å². The lowest BCUT2D eigenvalue weighted by atomic mass is 9.98. The monoisotopic (exact) mass is 1190 g/mol. The van der Waals surface area contributed by atoms with Crippen LogP contribution >= 0.6 is 54.4 Å². The van der Waals surface area contributed by atoms with Crippen molar-refractivity contribution in [2.24, 2.45) is 0 Å². The predicted molar refractivity (Wildman–Crippen MR) is 289 cm³/mol. The Bertz CT molecular complexity index is 2820. The molecule has 3 aliphatic rings. The van der Waals surface area contributed by atoms with Gasteiger partial charge in [-0.2, -0.15) is 15.1 Å². The van der Waals surface area contributed by atoms with Gasteiger partial charge in [0.05, 0.1) is 19.5 Å². The van der Waals surface area contributed by atoms with E-state index in [1.165, 1.54) is 31.2 Å². The van der Waals surface area contributed by atoms with Crippen LogP contribution in [0.2, 0.25) is 0 Å². The first-order valence-corrected chi connectivity index (χ1v) is 32.4. The summed E-state index contributed by atoms with van der Waals surface area (Å²) in [5.41, 5.74) is 4.16. The second-order valence-electron chi connectivity index (χ2n) is 18.3. The lowest BCUT2D eigenvalue weighted by Gasteiger charge is -2.27. The summed E-state index contributed by atoms with van der Waals surface area (Å²) in [6.07, 6.45) is 2.54. The second kappa shape index (κ2) is 28.5. The highest BCUT2D eigenvalue weighted by Gasteiger charge is 2.55. The highest BCUT2D eigenvalue weighted by atomic mass is 35.9. The van der Waals surface area contributed by atoms with Gasteiger partial charge in [0.2, 0.25) is 11.8 Å². The number of anilines is 1. The Kier molecular flexibility index (Phi) is 22.9. The lowest BCUT2D eigenvalue weighted by Crippen LogP contribution is -2.42. The number of rotatable bonds is 20. The van der Waals surface area contributed by atoms with Crippen molar-refractivity contribution in [2.75, 3.05) is 18.9 Å². The first kappa shape index (κ1) is 61.6. The molecule has 3 fully saturated rings. The van der Waals surface area contributed by atoms with Crippen LogP contribution < -0.4 is 34.2 Å². The van der Waals surface area contributed by atoms with E-state index >= 15 is 4.39 Å². The van der Waals surface area contributed by atoms with Crippen molar-refractivity contribution in [3.05, 3.63) is 97.3 Å². The number of nitrogens with two attached hydrogens (primary N) is 1. The number of aliphatic hydroxyl groups is 1. The van der Waals surface area contributed by atoms with E-state index in [-0.39, 0.29) is 47.6 Å². The van der Waals surface area contributed by atoms with Gasteiger partial charge in [-0.25, -0.2) is 28.2 Å². The van der Waals surface area contributed by atoms with Gasteiger partial charge in [-0.3, -0.25) is 18.7 Å². The van der Waals surface area contributed by atoms with Crippen LogP contribution in [0.15, 0.2) is 97.3 Å². The van der Waals surface area contributed by atoms with Crippen LogP contribution in [-0.2, 0) is 42.0 Å². The Balaban J connectivity index is 0.000000239. The number of carbonyl (C=O) groups is 2. The standard InChI is InChI=1S/C28H38FN6O8P.C15H21ClNO4P.C6H5Cl2O2P/c1-4-39-24-21-23(32-27(30)33-24)35(16-31-21)26-28(3,37)22(29)20(42-26)15-40-44(38,43-19-13-9-6-10-14-19)34-17(2)25(36)41-18-11-7-5-8-12-18;1-12(15(18)20-13-8-4-2-5-9-13)17-22(16,19)21-14-10-6-3-7-11-14;7-11(8,9)10-6-4-2-1-3-5-6/h6,9-10,13-14,16-18,20,22,26,37H,4-5,7-8,11-12,15H2,1-3H3,(H,34,38)(H2,30,32,33);3,6-7,10-13H,2,4-5,8-9H2,1H3,(H,17,19);1-5H/t17-,20+,22+,26+,28+,44?;12-,22?;/m00./s1. The number of para-hydroxylation sites is 3. The minimum atomic E-state index is -4.32. The highest BCUT2D eigenvalue weighted by molar-refractivity contribution is 8.05. The Hall–Kier alpha value is -4.56. The summed E-state index contributed by atoms with van der Waals surface area (Å²) in [7, 11) is -4.32. The van der Waals surface area contributed by atoms with Crippen LogP contribution in [0.5, 0.6) is 23.1 Å². The molecular weight excluding hydrogens is 1130 g/mol. The van der Waals surface area contributed by atoms with Gasteiger partial charge in [0.15, 0.2) is 23.6 Å². The number of hydrogen-bond donors (Lipinski definition) is 4. The zero-order valence-corrected chi connectivity index (χ0v) is 47.7. The molecule has 0 radical (unpaired) electrons. The molecule has 3 aromatic carbocycles. The predicted octanol–water partition coefficient (Wildman–Crippen LogP) is 11.8. The minimum absolute atomic E-state index is 0.0461. The summed E-state index contributed by atoms with van der Waals surface area (Å²) >= 11 is 16.2. The van der Waals surface area contributed by atoms with E-state index in [2.05, 4.69) is 29.7 Å². The third-order valence-electron chi connectivity index (χ3n) is 12.0. The van der Waals surface area contributed by atoms with Crippen molar-refractivity contribution >= 4 is 83.5 Å². The number of halogens is 4. The maximum absolute atomic E-state index is 15.7. The van der Waals surface area contributed by atoms with E-state index in [0.29, 0.717) is 11.5 Å². The number of nitrogen functional groups attached to an aromatic ring is 1. The molecule has 28 heteroatoms. The molecule has 1 saturated heterocycles. The van der Waals surface area contributed by atoms with E-state index in [1.54, 1.807) is 98.8 Å². The fraction of sp³-hybridized carbons (Fsp3) is 0.490. The molecule has 21 nitrogen and oxygen atoms in total. The average molecular weight is 1190 g/mol. The third kappa shape index (κ3) is 19.1. The van der Waals surface area contributed by atoms with Gasteiger partial charge in [-0.05, 0) is 115 Å². The van der Waals surface area contributed by atoms with E-state index in [9.17, 15) is 28.4 Å². The third-order valence-corrected chi connectivity index (χ3v) is 16.1. The van der Waals surface area contributed by atoms with Crippen molar-refractivity contribution in [3.63, 3.8) is 0 Å². The number of fused-ring (bicyclic) bond motifs is 1. The summed E-state index contributed by atoms with van der Waals surface area (Å²) in [6, 6.07) is 23.4. The zero-order valence-electron chi connectivity index (χ0n) is 42.7. The number of aromatic nitrogens is 4. The van der Waals surface area contributed by atoms with Crippen molar-refractivity contribution < 1.29 is 69.8 Å². The van der Waals surface area contributed by atoms with Crippen molar-refractivity contribution in [1.82, 2.24) is 29.7 Å². The number of carbonyl (C=O) groups excluding carboxylic acids is 2. The number of nitrogens with zero attached hydrogens (tertiary/aromatic N) is 4.